The van der Waals surface area contributed by atoms with Crippen molar-refractivity contribution in [3.05, 3.63) is 75.5 Å². The van der Waals surface area contributed by atoms with Crippen LogP contribution in [0.3, 0.4) is 0 Å². The number of esters is 1. The summed E-state index contributed by atoms with van der Waals surface area (Å²) in [5, 5.41) is 11.6. The molecule has 0 aliphatic rings. The van der Waals surface area contributed by atoms with E-state index in [1.807, 2.05) is 30.3 Å². The average Bonchev–Trinajstić information content (AvgIpc) is 2.91. The number of aromatic amines is 1. The fourth-order valence-electron chi connectivity index (χ4n) is 2.84. The predicted octanol–water partition coefficient (Wildman–Crippen LogP) is 4.62. The van der Waals surface area contributed by atoms with E-state index in [1.165, 1.54) is 12.1 Å². The monoisotopic (exact) mass is 352 g/mol. The Morgan fingerprint density at radius 1 is 1.15 bits per heavy atom. The fourth-order valence-corrected chi connectivity index (χ4v) is 2.84. The van der Waals surface area contributed by atoms with E-state index >= 15 is 0 Å². The molecule has 1 N–H and O–H groups in total. The van der Waals surface area contributed by atoms with Gasteiger partial charge in [0.1, 0.15) is 5.60 Å². The van der Waals surface area contributed by atoms with Crippen LogP contribution in [-0.2, 0) is 11.2 Å². The van der Waals surface area contributed by atoms with Gasteiger partial charge in [0.05, 0.1) is 10.5 Å². The topological polar surface area (TPSA) is 85.2 Å². The molecule has 6 nitrogen and oxygen atoms in total. The van der Waals surface area contributed by atoms with Crippen LogP contribution < -0.4 is 0 Å². The molecule has 0 unspecified atom stereocenters. The second-order valence-corrected chi connectivity index (χ2v) is 7.13. The van der Waals surface area contributed by atoms with Gasteiger partial charge in [-0.15, -0.1) is 0 Å². The number of hydrogen-bond acceptors (Lipinski definition) is 4. The maximum Gasteiger partial charge on any atom is 0.341 e. The number of carbonyl (C=O) groups is 1. The minimum atomic E-state index is -0.661. The SMILES string of the molecule is CC(C)(C)OC(=O)c1c(Cc2ccccc2)[nH]c2ccc([N+](=O)[O-])cc12. The van der Waals surface area contributed by atoms with Gasteiger partial charge in [0, 0.05) is 35.2 Å². The molecular formula is C20H20N2O4. The number of non-ortho nitro benzene ring substituents is 1. The number of aromatic nitrogens is 1. The summed E-state index contributed by atoms with van der Waals surface area (Å²) in [5.74, 6) is -0.491. The minimum absolute atomic E-state index is 0.0624. The summed E-state index contributed by atoms with van der Waals surface area (Å²) in [6.45, 7) is 5.37. The number of hydrogen-bond donors (Lipinski definition) is 1. The molecule has 0 saturated heterocycles. The lowest BCUT2D eigenvalue weighted by Gasteiger charge is -2.19. The third kappa shape index (κ3) is 3.74. The van der Waals surface area contributed by atoms with Gasteiger partial charge in [-0.25, -0.2) is 4.79 Å². The summed E-state index contributed by atoms with van der Waals surface area (Å²) < 4.78 is 5.54. The molecule has 0 atom stereocenters. The Morgan fingerprint density at radius 2 is 1.85 bits per heavy atom. The fraction of sp³-hybridized carbons (Fsp3) is 0.250. The molecule has 0 amide bonds. The number of fused-ring (bicyclic) bond motifs is 1. The van der Waals surface area contributed by atoms with Crippen LogP contribution in [-0.4, -0.2) is 21.5 Å². The molecule has 0 saturated carbocycles. The summed E-state index contributed by atoms with van der Waals surface area (Å²) in [5.41, 5.74) is 2.00. The Balaban J connectivity index is 2.14. The standard InChI is InChI=1S/C20H20N2O4/c1-20(2,3)26-19(23)18-15-12-14(22(24)25)9-10-16(15)21-17(18)11-13-7-5-4-6-8-13/h4-10,12,21H,11H2,1-3H3. The van der Waals surface area contributed by atoms with E-state index in [0.717, 1.165) is 5.56 Å². The highest BCUT2D eigenvalue weighted by Crippen LogP contribution is 2.29. The molecule has 2 aromatic carbocycles. The lowest BCUT2D eigenvalue weighted by molar-refractivity contribution is -0.384. The van der Waals surface area contributed by atoms with Crippen LogP contribution in [0.25, 0.3) is 10.9 Å². The van der Waals surface area contributed by atoms with Crippen LogP contribution in [0.2, 0.25) is 0 Å². The number of nitro benzene ring substituents is 1. The molecule has 26 heavy (non-hydrogen) atoms. The maximum atomic E-state index is 12.8. The van der Waals surface area contributed by atoms with Crippen molar-refractivity contribution in [2.75, 3.05) is 0 Å². The molecule has 0 aliphatic carbocycles. The smallest absolute Gasteiger partial charge is 0.341 e. The average molecular weight is 352 g/mol. The van der Waals surface area contributed by atoms with E-state index in [-0.39, 0.29) is 5.69 Å². The van der Waals surface area contributed by atoms with Gasteiger partial charge < -0.3 is 9.72 Å². The molecule has 3 rings (SSSR count). The minimum Gasteiger partial charge on any atom is -0.456 e. The second kappa shape index (κ2) is 6.63. The Labute approximate surface area is 150 Å². The summed E-state index contributed by atoms with van der Waals surface area (Å²) in [6, 6.07) is 14.2. The zero-order valence-corrected chi connectivity index (χ0v) is 14.9. The van der Waals surface area contributed by atoms with Crippen LogP contribution in [0.5, 0.6) is 0 Å². The highest BCUT2D eigenvalue weighted by Gasteiger charge is 2.25. The van der Waals surface area contributed by atoms with Crippen LogP contribution >= 0.6 is 0 Å². The molecule has 3 aromatic rings. The second-order valence-electron chi connectivity index (χ2n) is 7.13. The number of H-pyrrole nitrogens is 1. The zero-order valence-electron chi connectivity index (χ0n) is 14.9. The molecule has 0 spiro atoms. The van der Waals surface area contributed by atoms with Crippen LogP contribution in [0.1, 0.15) is 42.4 Å². The molecule has 0 radical (unpaired) electrons. The van der Waals surface area contributed by atoms with E-state index in [2.05, 4.69) is 4.98 Å². The van der Waals surface area contributed by atoms with Gasteiger partial charge in [-0.2, -0.15) is 0 Å². The van der Waals surface area contributed by atoms with Crippen LogP contribution in [0.15, 0.2) is 48.5 Å². The summed E-state index contributed by atoms with van der Waals surface area (Å²) in [6.07, 6.45) is 0.498. The van der Waals surface area contributed by atoms with E-state index < -0.39 is 16.5 Å². The molecule has 1 heterocycles. The van der Waals surface area contributed by atoms with Gasteiger partial charge >= 0.3 is 5.97 Å². The molecule has 1 aromatic heterocycles. The van der Waals surface area contributed by atoms with Crippen molar-refractivity contribution in [1.29, 1.82) is 0 Å². The van der Waals surface area contributed by atoms with Crippen LogP contribution in [0.4, 0.5) is 5.69 Å². The quantitative estimate of drug-likeness (QED) is 0.422. The maximum absolute atomic E-state index is 12.8. The normalized spacial score (nSPS) is 11.5. The van der Waals surface area contributed by atoms with Crippen molar-refractivity contribution in [1.82, 2.24) is 4.98 Å². The van der Waals surface area contributed by atoms with E-state index in [4.69, 9.17) is 4.74 Å². The number of ether oxygens (including phenoxy) is 1. The number of nitrogens with zero attached hydrogens (tertiary/aromatic N) is 1. The Kier molecular flexibility index (Phi) is 4.50. The van der Waals surface area contributed by atoms with Crippen molar-refractivity contribution in [3.63, 3.8) is 0 Å². The van der Waals surface area contributed by atoms with E-state index in [9.17, 15) is 14.9 Å². The Morgan fingerprint density at radius 3 is 2.46 bits per heavy atom. The first-order valence-corrected chi connectivity index (χ1v) is 8.31. The Hall–Kier alpha value is -3.15. The highest BCUT2D eigenvalue weighted by atomic mass is 16.6. The summed E-state index contributed by atoms with van der Waals surface area (Å²) in [4.78, 5) is 26.7. The van der Waals surface area contributed by atoms with Crippen molar-refractivity contribution in [2.24, 2.45) is 0 Å². The van der Waals surface area contributed by atoms with Gasteiger partial charge in [0.2, 0.25) is 0 Å². The highest BCUT2D eigenvalue weighted by molar-refractivity contribution is 6.06. The number of rotatable bonds is 4. The largest absolute Gasteiger partial charge is 0.456 e. The number of benzene rings is 2. The zero-order chi connectivity index (χ0) is 18.9. The number of nitro groups is 1. The first-order valence-electron chi connectivity index (χ1n) is 8.31. The van der Waals surface area contributed by atoms with Gasteiger partial charge in [0.25, 0.3) is 5.69 Å². The summed E-state index contributed by atoms with van der Waals surface area (Å²) in [7, 11) is 0. The number of carbonyl (C=O) groups excluding carboxylic acids is 1. The molecule has 0 fully saturated rings. The van der Waals surface area contributed by atoms with Gasteiger partial charge in [0.15, 0.2) is 0 Å². The lowest BCUT2D eigenvalue weighted by atomic mass is 10.0. The first kappa shape index (κ1) is 17.7. The third-order valence-electron chi connectivity index (χ3n) is 3.90. The van der Waals surface area contributed by atoms with Crippen molar-refractivity contribution >= 4 is 22.6 Å². The molecule has 6 heteroatoms. The van der Waals surface area contributed by atoms with Crippen LogP contribution in [0, 0.1) is 10.1 Å². The van der Waals surface area contributed by atoms with Gasteiger partial charge in [-0.1, -0.05) is 30.3 Å². The lowest BCUT2D eigenvalue weighted by Crippen LogP contribution is -2.24. The van der Waals surface area contributed by atoms with Crippen molar-refractivity contribution in [3.8, 4) is 0 Å². The molecule has 0 bridgehead atoms. The Bertz CT molecular complexity index is 969. The molecule has 0 aliphatic heterocycles. The van der Waals surface area contributed by atoms with Gasteiger partial charge in [-0.3, -0.25) is 10.1 Å². The van der Waals surface area contributed by atoms with E-state index in [0.29, 0.717) is 28.6 Å². The molecule has 134 valence electrons. The summed E-state index contributed by atoms with van der Waals surface area (Å²) >= 11 is 0. The first-order chi connectivity index (χ1) is 12.2. The van der Waals surface area contributed by atoms with E-state index in [1.54, 1.807) is 26.8 Å². The number of nitrogens with one attached hydrogen (secondary N) is 1. The predicted molar refractivity (Wildman–Crippen MR) is 99.4 cm³/mol. The van der Waals surface area contributed by atoms with Crippen molar-refractivity contribution < 1.29 is 14.5 Å². The molecular weight excluding hydrogens is 332 g/mol. The van der Waals surface area contributed by atoms with Crippen molar-refractivity contribution in [2.45, 2.75) is 32.8 Å². The van der Waals surface area contributed by atoms with Gasteiger partial charge in [-0.05, 0) is 32.4 Å². The third-order valence-corrected chi connectivity index (χ3v) is 3.90.